The van der Waals surface area contributed by atoms with E-state index in [0.29, 0.717) is 11.8 Å². The predicted octanol–water partition coefficient (Wildman–Crippen LogP) is 3.69. The largest absolute Gasteiger partial charge is 0.497 e. The molecule has 1 aliphatic heterocycles. The van der Waals surface area contributed by atoms with Crippen molar-refractivity contribution in [1.29, 1.82) is 0 Å². The van der Waals surface area contributed by atoms with Crippen molar-refractivity contribution in [3.05, 3.63) is 29.8 Å². The summed E-state index contributed by atoms with van der Waals surface area (Å²) in [6.07, 6.45) is 2.36. The normalized spacial score (nSPS) is 20.4. The fourth-order valence-corrected chi connectivity index (χ4v) is 3.21. The van der Waals surface area contributed by atoms with Crippen LogP contribution in [0, 0.1) is 11.8 Å². The van der Waals surface area contributed by atoms with Gasteiger partial charge < -0.3 is 9.64 Å². The first-order chi connectivity index (χ1) is 10.0. The van der Waals surface area contributed by atoms with E-state index in [4.69, 9.17) is 4.74 Å². The van der Waals surface area contributed by atoms with Gasteiger partial charge in [-0.05, 0) is 42.4 Å². The first-order valence-corrected chi connectivity index (χ1v) is 7.95. The van der Waals surface area contributed by atoms with Crippen LogP contribution in [0.2, 0.25) is 0 Å². The highest BCUT2D eigenvalue weighted by Gasteiger charge is 2.30. The van der Waals surface area contributed by atoms with Gasteiger partial charge >= 0.3 is 0 Å². The average Bonchev–Trinajstić information content (AvgIpc) is 2.47. The number of likely N-dealkylation sites (tertiary alicyclic amines) is 1. The van der Waals surface area contributed by atoms with Crippen LogP contribution in [0.25, 0.3) is 0 Å². The Kier molecular flexibility index (Phi) is 5.27. The van der Waals surface area contributed by atoms with Crippen molar-refractivity contribution in [1.82, 2.24) is 4.90 Å². The standard InChI is InChI=1S/C18H27NO2/c1-13(2)17(15-7-9-16(21-4)10-8-15)18(20)19-11-5-6-14(3)12-19/h7-10,13-14,17H,5-6,11-12H2,1-4H3. The van der Waals surface area contributed by atoms with Crippen LogP contribution >= 0.6 is 0 Å². The lowest BCUT2D eigenvalue weighted by molar-refractivity contribution is -0.135. The van der Waals surface area contributed by atoms with Gasteiger partial charge in [0.15, 0.2) is 0 Å². The molecule has 0 spiro atoms. The quantitative estimate of drug-likeness (QED) is 0.846. The molecule has 3 heteroatoms. The minimum atomic E-state index is -0.0544. The first kappa shape index (κ1) is 15.9. The van der Waals surface area contributed by atoms with Crippen LogP contribution < -0.4 is 4.74 Å². The van der Waals surface area contributed by atoms with Crippen LogP contribution in [0.1, 0.15) is 45.1 Å². The zero-order chi connectivity index (χ0) is 15.4. The van der Waals surface area contributed by atoms with Crippen LogP contribution in [-0.4, -0.2) is 31.0 Å². The molecule has 0 saturated carbocycles. The van der Waals surface area contributed by atoms with Crippen LogP contribution in [0.3, 0.4) is 0 Å². The van der Waals surface area contributed by atoms with Gasteiger partial charge in [0, 0.05) is 13.1 Å². The van der Waals surface area contributed by atoms with Gasteiger partial charge in [-0.2, -0.15) is 0 Å². The molecule has 1 aromatic carbocycles. The van der Waals surface area contributed by atoms with Gasteiger partial charge in [-0.3, -0.25) is 4.79 Å². The molecule has 2 rings (SSSR count). The van der Waals surface area contributed by atoms with Gasteiger partial charge in [0.1, 0.15) is 5.75 Å². The summed E-state index contributed by atoms with van der Waals surface area (Å²) in [7, 11) is 1.66. The number of piperidine rings is 1. The topological polar surface area (TPSA) is 29.5 Å². The number of carbonyl (C=O) groups excluding carboxylic acids is 1. The SMILES string of the molecule is COc1ccc(C(C(=O)N2CCCC(C)C2)C(C)C)cc1. The van der Waals surface area contributed by atoms with Crippen molar-refractivity contribution >= 4 is 5.91 Å². The summed E-state index contributed by atoms with van der Waals surface area (Å²) in [5.74, 6) is 1.97. The maximum atomic E-state index is 12.9. The molecule has 3 nitrogen and oxygen atoms in total. The minimum absolute atomic E-state index is 0.0544. The van der Waals surface area contributed by atoms with E-state index >= 15 is 0 Å². The number of carbonyl (C=O) groups is 1. The molecule has 0 radical (unpaired) electrons. The molecule has 2 atom stereocenters. The number of hydrogen-bond acceptors (Lipinski definition) is 2. The minimum Gasteiger partial charge on any atom is -0.497 e. The Morgan fingerprint density at radius 3 is 2.48 bits per heavy atom. The molecule has 2 unspecified atom stereocenters. The second-order valence-electron chi connectivity index (χ2n) is 6.53. The van der Waals surface area contributed by atoms with E-state index < -0.39 is 0 Å². The van der Waals surface area contributed by atoms with Crippen molar-refractivity contribution in [2.75, 3.05) is 20.2 Å². The number of hydrogen-bond donors (Lipinski definition) is 0. The van der Waals surface area contributed by atoms with Crippen molar-refractivity contribution < 1.29 is 9.53 Å². The summed E-state index contributed by atoms with van der Waals surface area (Å²) in [6.45, 7) is 8.29. The number of rotatable bonds is 4. The van der Waals surface area contributed by atoms with E-state index in [-0.39, 0.29) is 11.8 Å². The average molecular weight is 289 g/mol. The molecule has 1 fully saturated rings. The van der Waals surface area contributed by atoms with Gasteiger partial charge in [-0.15, -0.1) is 0 Å². The van der Waals surface area contributed by atoms with Gasteiger partial charge in [0.2, 0.25) is 5.91 Å². The highest BCUT2D eigenvalue weighted by atomic mass is 16.5. The predicted molar refractivity (Wildman–Crippen MR) is 85.6 cm³/mol. The van der Waals surface area contributed by atoms with Gasteiger partial charge in [0.05, 0.1) is 13.0 Å². The van der Waals surface area contributed by atoms with Crippen molar-refractivity contribution in [2.24, 2.45) is 11.8 Å². The fourth-order valence-electron chi connectivity index (χ4n) is 3.21. The smallest absolute Gasteiger partial charge is 0.230 e. The van der Waals surface area contributed by atoms with Crippen molar-refractivity contribution in [3.63, 3.8) is 0 Å². The van der Waals surface area contributed by atoms with Crippen LogP contribution in [0.5, 0.6) is 5.75 Å². The van der Waals surface area contributed by atoms with Crippen molar-refractivity contribution in [2.45, 2.75) is 39.5 Å². The molecule has 1 aromatic rings. The summed E-state index contributed by atoms with van der Waals surface area (Å²) >= 11 is 0. The highest BCUT2D eigenvalue weighted by Crippen LogP contribution is 2.30. The van der Waals surface area contributed by atoms with E-state index in [2.05, 4.69) is 25.7 Å². The summed E-state index contributed by atoms with van der Waals surface area (Å²) in [6, 6.07) is 7.93. The van der Waals surface area contributed by atoms with Gasteiger partial charge in [-0.1, -0.05) is 32.9 Å². The molecule has 0 N–H and O–H groups in total. The molecule has 0 aromatic heterocycles. The molecule has 116 valence electrons. The van der Waals surface area contributed by atoms with Crippen LogP contribution in [-0.2, 0) is 4.79 Å². The Morgan fingerprint density at radius 1 is 1.29 bits per heavy atom. The number of benzene rings is 1. The van der Waals surface area contributed by atoms with E-state index in [1.165, 1.54) is 6.42 Å². The number of ether oxygens (including phenoxy) is 1. The Hall–Kier alpha value is -1.51. The molecule has 0 bridgehead atoms. The van der Waals surface area contributed by atoms with Gasteiger partial charge in [0.25, 0.3) is 0 Å². The van der Waals surface area contributed by atoms with E-state index in [1.54, 1.807) is 7.11 Å². The monoisotopic (exact) mass is 289 g/mol. The molecule has 21 heavy (non-hydrogen) atoms. The van der Waals surface area contributed by atoms with E-state index in [1.807, 2.05) is 24.3 Å². The molecule has 1 heterocycles. The maximum Gasteiger partial charge on any atom is 0.230 e. The zero-order valence-corrected chi connectivity index (χ0v) is 13.6. The third-order valence-electron chi connectivity index (χ3n) is 4.38. The molecule has 1 amide bonds. The molecule has 0 aliphatic carbocycles. The lowest BCUT2D eigenvalue weighted by atomic mass is 9.86. The molecule has 1 saturated heterocycles. The summed E-state index contributed by atoms with van der Waals surface area (Å²) in [4.78, 5) is 15.0. The van der Waals surface area contributed by atoms with Crippen LogP contribution in [0.15, 0.2) is 24.3 Å². The fraction of sp³-hybridized carbons (Fsp3) is 0.611. The Bertz CT molecular complexity index is 467. The van der Waals surface area contributed by atoms with Gasteiger partial charge in [-0.25, -0.2) is 0 Å². The second-order valence-corrected chi connectivity index (χ2v) is 6.53. The Balaban J connectivity index is 2.19. The maximum absolute atomic E-state index is 12.9. The van der Waals surface area contributed by atoms with Crippen molar-refractivity contribution in [3.8, 4) is 5.75 Å². The number of methoxy groups -OCH3 is 1. The Morgan fingerprint density at radius 2 is 1.95 bits per heavy atom. The molecular weight excluding hydrogens is 262 g/mol. The third-order valence-corrected chi connectivity index (χ3v) is 4.38. The van der Waals surface area contributed by atoms with E-state index in [9.17, 15) is 4.79 Å². The Labute approximate surface area is 128 Å². The molecule has 1 aliphatic rings. The lowest BCUT2D eigenvalue weighted by Crippen LogP contribution is -2.42. The lowest BCUT2D eigenvalue weighted by Gasteiger charge is -2.35. The second kappa shape index (κ2) is 6.97. The zero-order valence-electron chi connectivity index (χ0n) is 13.6. The first-order valence-electron chi connectivity index (χ1n) is 7.95. The van der Waals surface area contributed by atoms with Crippen LogP contribution in [0.4, 0.5) is 0 Å². The molecular formula is C18H27NO2. The van der Waals surface area contributed by atoms with E-state index in [0.717, 1.165) is 30.8 Å². The number of nitrogens with zero attached hydrogens (tertiary/aromatic N) is 1. The third kappa shape index (κ3) is 3.78. The summed E-state index contributed by atoms with van der Waals surface area (Å²) < 4.78 is 5.20. The summed E-state index contributed by atoms with van der Waals surface area (Å²) in [5.41, 5.74) is 1.09. The highest BCUT2D eigenvalue weighted by molar-refractivity contribution is 5.84. The number of amides is 1. The summed E-state index contributed by atoms with van der Waals surface area (Å²) in [5, 5.41) is 0.